The van der Waals surface area contributed by atoms with E-state index in [9.17, 15) is 0 Å². The first kappa shape index (κ1) is 10.3. The van der Waals surface area contributed by atoms with Crippen LogP contribution in [0, 0.1) is 0 Å². The Labute approximate surface area is 114 Å². The topological polar surface area (TPSA) is 0 Å². The molecule has 3 aromatic rings. The Kier molecular flexibility index (Phi) is 2.12. The lowest BCUT2D eigenvalue weighted by Crippen LogP contribution is -2.00. The van der Waals surface area contributed by atoms with Crippen molar-refractivity contribution in [3.63, 3.8) is 0 Å². The predicted molar refractivity (Wildman–Crippen MR) is 79.9 cm³/mol. The van der Waals surface area contributed by atoms with Gasteiger partial charge in [0, 0.05) is 4.47 Å². The van der Waals surface area contributed by atoms with Gasteiger partial charge in [0.1, 0.15) is 0 Å². The van der Waals surface area contributed by atoms with Gasteiger partial charge in [-0.05, 0) is 45.5 Å². The van der Waals surface area contributed by atoms with Crippen molar-refractivity contribution in [2.45, 2.75) is 6.42 Å². The fourth-order valence-corrected chi connectivity index (χ4v) is 3.42. The third-order valence-corrected chi connectivity index (χ3v) is 4.45. The van der Waals surface area contributed by atoms with Crippen molar-refractivity contribution in [3.05, 3.63) is 70.2 Å². The quantitative estimate of drug-likeness (QED) is 0.419. The lowest BCUT2D eigenvalue weighted by atomic mass is 9.84. The second-order valence-electron chi connectivity index (χ2n) is 4.77. The highest BCUT2D eigenvalue weighted by atomic mass is 79.9. The minimum atomic E-state index is 1.04. The van der Waals surface area contributed by atoms with E-state index in [1.165, 1.54) is 37.5 Å². The molecule has 0 bridgehead atoms. The molecule has 0 saturated carbocycles. The van der Waals surface area contributed by atoms with Gasteiger partial charge in [-0.25, -0.2) is 0 Å². The van der Waals surface area contributed by atoms with E-state index < -0.39 is 0 Å². The second kappa shape index (κ2) is 3.69. The number of halogens is 1. The van der Waals surface area contributed by atoms with Crippen LogP contribution in [-0.2, 0) is 6.42 Å². The molecular formula is C17H11Br. The molecule has 0 aromatic heterocycles. The molecule has 86 valence electrons. The molecule has 0 radical (unpaired) electrons. The number of fused-ring (bicyclic) bond motifs is 2. The summed E-state index contributed by atoms with van der Waals surface area (Å²) < 4.78 is 1.18. The Bertz CT molecular complexity index is 772. The van der Waals surface area contributed by atoms with Crippen LogP contribution in [0.2, 0.25) is 0 Å². The maximum absolute atomic E-state index is 3.66. The first-order valence-electron chi connectivity index (χ1n) is 6.13. The fraction of sp³-hybridized carbons (Fsp3) is 0.0588. The molecule has 0 nitrogen and oxygen atoms in total. The van der Waals surface area contributed by atoms with Crippen molar-refractivity contribution in [3.8, 4) is 11.1 Å². The van der Waals surface area contributed by atoms with Crippen LogP contribution < -0.4 is 0 Å². The van der Waals surface area contributed by atoms with Gasteiger partial charge in [0.25, 0.3) is 0 Å². The Morgan fingerprint density at radius 2 is 1.56 bits per heavy atom. The normalized spacial score (nSPS) is 12.5. The molecule has 1 aliphatic rings. The fourth-order valence-electron chi connectivity index (χ4n) is 2.96. The standard InChI is InChI=1S/C17H11Br/c18-16-9-8-12-10-11-4-1-2-5-13(11)14-6-3-7-15(16)17(12)14/h1-9H,10H2. The van der Waals surface area contributed by atoms with Crippen LogP contribution in [0.25, 0.3) is 21.9 Å². The van der Waals surface area contributed by atoms with Crippen LogP contribution in [-0.4, -0.2) is 0 Å². The van der Waals surface area contributed by atoms with Crippen LogP contribution in [0.15, 0.2) is 59.1 Å². The molecule has 18 heavy (non-hydrogen) atoms. The zero-order valence-corrected chi connectivity index (χ0v) is 11.4. The van der Waals surface area contributed by atoms with E-state index in [-0.39, 0.29) is 0 Å². The molecule has 4 rings (SSSR count). The summed E-state index contributed by atoms with van der Waals surface area (Å²) in [5, 5.41) is 2.73. The second-order valence-corrected chi connectivity index (χ2v) is 5.62. The first-order valence-corrected chi connectivity index (χ1v) is 6.92. The highest BCUT2D eigenvalue weighted by molar-refractivity contribution is 9.10. The Morgan fingerprint density at radius 3 is 2.50 bits per heavy atom. The Hall–Kier alpha value is -1.60. The van der Waals surface area contributed by atoms with Gasteiger partial charge in [-0.1, -0.05) is 64.5 Å². The number of benzene rings is 3. The van der Waals surface area contributed by atoms with Gasteiger partial charge in [0.15, 0.2) is 0 Å². The molecule has 1 aliphatic carbocycles. The molecule has 0 heterocycles. The largest absolute Gasteiger partial charge is 0.0619 e. The summed E-state index contributed by atoms with van der Waals surface area (Å²) in [7, 11) is 0. The first-order chi connectivity index (χ1) is 8.84. The highest BCUT2D eigenvalue weighted by Crippen LogP contribution is 2.41. The number of hydrogen-bond donors (Lipinski definition) is 0. The van der Waals surface area contributed by atoms with Crippen molar-refractivity contribution in [2.75, 3.05) is 0 Å². The van der Waals surface area contributed by atoms with E-state index in [1.807, 2.05) is 0 Å². The number of hydrogen-bond acceptors (Lipinski definition) is 0. The van der Waals surface area contributed by atoms with Crippen molar-refractivity contribution >= 4 is 26.7 Å². The van der Waals surface area contributed by atoms with E-state index in [1.54, 1.807) is 0 Å². The number of rotatable bonds is 0. The van der Waals surface area contributed by atoms with E-state index in [4.69, 9.17) is 0 Å². The molecule has 0 unspecified atom stereocenters. The smallest absolute Gasteiger partial charge is 0.0254 e. The predicted octanol–water partition coefficient (Wildman–Crippen LogP) is 5.17. The summed E-state index contributed by atoms with van der Waals surface area (Å²) in [5.74, 6) is 0. The molecular weight excluding hydrogens is 284 g/mol. The van der Waals surface area contributed by atoms with Crippen LogP contribution >= 0.6 is 15.9 Å². The van der Waals surface area contributed by atoms with E-state index in [0.717, 1.165) is 6.42 Å². The molecule has 1 heteroatoms. The van der Waals surface area contributed by atoms with E-state index in [0.29, 0.717) is 0 Å². The van der Waals surface area contributed by atoms with Crippen molar-refractivity contribution < 1.29 is 0 Å². The lowest BCUT2D eigenvalue weighted by molar-refractivity contribution is 1.20. The molecule has 0 saturated heterocycles. The van der Waals surface area contributed by atoms with Gasteiger partial charge in [0.2, 0.25) is 0 Å². The summed E-state index contributed by atoms with van der Waals surface area (Å²) in [6.07, 6.45) is 1.04. The monoisotopic (exact) mass is 294 g/mol. The van der Waals surface area contributed by atoms with Crippen molar-refractivity contribution in [1.29, 1.82) is 0 Å². The lowest BCUT2D eigenvalue weighted by Gasteiger charge is -2.21. The maximum Gasteiger partial charge on any atom is 0.0254 e. The van der Waals surface area contributed by atoms with E-state index >= 15 is 0 Å². The molecule has 0 amide bonds. The third-order valence-electron chi connectivity index (χ3n) is 3.76. The average Bonchev–Trinajstić information content (AvgIpc) is 2.43. The Morgan fingerprint density at radius 1 is 0.722 bits per heavy atom. The SMILES string of the molecule is Brc1ccc2c3c(cccc13)-c1ccccc1C2. The zero-order chi connectivity index (χ0) is 12.1. The summed E-state index contributed by atoms with van der Waals surface area (Å²) in [6, 6.07) is 19.7. The van der Waals surface area contributed by atoms with Crippen LogP contribution in [0.4, 0.5) is 0 Å². The van der Waals surface area contributed by atoms with Gasteiger partial charge >= 0.3 is 0 Å². The van der Waals surface area contributed by atoms with Gasteiger partial charge in [-0.15, -0.1) is 0 Å². The summed E-state index contributed by atoms with van der Waals surface area (Å²) in [5.41, 5.74) is 5.61. The van der Waals surface area contributed by atoms with Crippen LogP contribution in [0.5, 0.6) is 0 Å². The third kappa shape index (κ3) is 1.31. The molecule has 3 aromatic carbocycles. The minimum absolute atomic E-state index is 1.04. The average molecular weight is 295 g/mol. The Balaban J connectivity index is 2.22. The molecule has 0 N–H and O–H groups in total. The summed E-state index contributed by atoms with van der Waals surface area (Å²) in [6.45, 7) is 0. The summed E-state index contributed by atoms with van der Waals surface area (Å²) in [4.78, 5) is 0. The zero-order valence-electron chi connectivity index (χ0n) is 9.78. The van der Waals surface area contributed by atoms with Crippen LogP contribution in [0.1, 0.15) is 11.1 Å². The van der Waals surface area contributed by atoms with Gasteiger partial charge in [-0.2, -0.15) is 0 Å². The molecule has 0 atom stereocenters. The molecule has 0 aliphatic heterocycles. The van der Waals surface area contributed by atoms with E-state index in [2.05, 4.69) is 70.5 Å². The van der Waals surface area contributed by atoms with Gasteiger partial charge in [-0.3, -0.25) is 0 Å². The van der Waals surface area contributed by atoms with Gasteiger partial charge < -0.3 is 0 Å². The molecule has 0 fully saturated rings. The van der Waals surface area contributed by atoms with Gasteiger partial charge in [0.05, 0.1) is 0 Å². The maximum atomic E-state index is 3.66. The summed E-state index contributed by atoms with van der Waals surface area (Å²) >= 11 is 3.66. The highest BCUT2D eigenvalue weighted by Gasteiger charge is 2.18. The van der Waals surface area contributed by atoms with Crippen molar-refractivity contribution in [2.24, 2.45) is 0 Å². The minimum Gasteiger partial charge on any atom is -0.0619 e. The van der Waals surface area contributed by atoms with Crippen LogP contribution in [0.3, 0.4) is 0 Å². The molecule has 0 spiro atoms. The van der Waals surface area contributed by atoms with Crippen molar-refractivity contribution in [1.82, 2.24) is 0 Å².